The van der Waals surface area contributed by atoms with Gasteiger partial charge in [-0.15, -0.1) is 0 Å². The fourth-order valence-electron chi connectivity index (χ4n) is 3.74. The number of alkyl halides is 29. The van der Waals surface area contributed by atoms with E-state index in [-0.39, 0.29) is 0 Å². The molecule has 0 rings (SSSR count). The fourth-order valence-corrected chi connectivity index (χ4v) is 3.74. The molecule has 0 saturated carbocycles. The Bertz CT molecular complexity index is 1270. The Morgan fingerprint density at radius 2 is 0.537 bits per heavy atom. The molecule has 0 saturated heterocycles. The quantitative estimate of drug-likeness (QED) is 0.109. The second kappa shape index (κ2) is 14.3. The van der Waals surface area contributed by atoms with Crippen LogP contribution >= 0.6 is 0 Å². The molecule has 0 heterocycles. The molecule has 0 fully saturated rings. The topological polar surface area (TPSA) is 63.9 Å². The maximum Gasteiger partial charge on any atom is 0.460 e. The Morgan fingerprint density at radius 1 is 0.333 bits per heavy atom. The molecule has 0 aromatic carbocycles. The van der Waals surface area contributed by atoms with E-state index < -0.39 is 129 Å². The lowest BCUT2D eigenvalue weighted by Gasteiger charge is -2.46. The van der Waals surface area contributed by atoms with Gasteiger partial charge in [-0.2, -0.15) is 127 Å². The first kappa shape index (κ1) is 51.8. The van der Waals surface area contributed by atoms with Crippen molar-refractivity contribution in [1.82, 2.24) is 4.90 Å². The first-order valence-corrected chi connectivity index (χ1v) is 12.7. The van der Waals surface area contributed by atoms with Crippen molar-refractivity contribution in [3.05, 3.63) is 0 Å². The van der Waals surface area contributed by atoms with Gasteiger partial charge in [-0.3, -0.25) is 4.90 Å². The summed E-state index contributed by atoms with van der Waals surface area (Å²) in [7, 11) is 0. The van der Waals surface area contributed by atoms with Crippen molar-refractivity contribution in [2.45, 2.75) is 95.7 Å². The summed E-state index contributed by atoms with van der Waals surface area (Å²) in [5.41, 5.74) is 0. The van der Waals surface area contributed by atoms with Gasteiger partial charge in [-0.1, -0.05) is 0 Å². The lowest BCUT2D eigenvalue weighted by molar-refractivity contribution is -0.487. The van der Waals surface area contributed by atoms with Crippen LogP contribution < -0.4 is 0 Å². The largest absolute Gasteiger partial charge is 0.460 e. The Morgan fingerprint density at radius 3 is 0.741 bits per heavy atom. The van der Waals surface area contributed by atoms with Gasteiger partial charge in [0.05, 0.1) is 19.3 Å². The Hall–Kier alpha value is -2.19. The lowest BCUT2D eigenvalue weighted by atomic mass is 9.83. The van der Waals surface area contributed by atoms with Crippen molar-refractivity contribution in [2.24, 2.45) is 0 Å². The van der Waals surface area contributed by atoms with Crippen molar-refractivity contribution < 1.29 is 143 Å². The number of rotatable bonds is 20. The highest BCUT2D eigenvalue weighted by molar-refractivity contribution is 5.21. The minimum absolute atomic E-state index is 0.390. The van der Waals surface area contributed by atoms with Crippen LogP contribution in [0.1, 0.15) is 6.42 Å². The van der Waals surface area contributed by atoms with Gasteiger partial charge in [-0.05, 0) is 0 Å². The number of hydrogen-bond donors (Lipinski definition) is 3. The standard InChI is InChI=1S/C21H16F29NO3/c22-8(23,5-7(54)6-51(1-3-52)2-4-53)9(24,25)10(26,27)11(28,29)12(30,31)13(32,33)14(34,35)15(36,37)16(38,39)17(40,41)18(42,43)19(44,45)20(46,47)21(48,49)50/h7,52-54H,1-6H2. The predicted molar refractivity (Wildman–Crippen MR) is 112 cm³/mol. The molecular formula is C21H16F29NO3. The van der Waals surface area contributed by atoms with Crippen LogP contribution in [-0.4, -0.2) is 142 Å². The van der Waals surface area contributed by atoms with Crippen LogP contribution in [0.15, 0.2) is 0 Å². The summed E-state index contributed by atoms with van der Waals surface area (Å²) in [4.78, 5) is 0.390. The second-order valence-corrected chi connectivity index (χ2v) is 10.7. The van der Waals surface area contributed by atoms with E-state index >= 15 is 0 Å². The number of halogens is 29. The average molecular weight is 881 g/mol. The molecule has 0 spiro atoms. The summed E-state index contributed by atoms with van der Waals surface area (Å²) in [6, 6.07) is 0. The highest BCUT2D eigenvalue weighted by atomic mass is 19.4. The minimum atomic E-state index is -9.99. The van der Waals surface area contributed by atoms with E-state index in [0.29, 0.717) is 4.90 Å². The Kier molecular flexibility index (Phi) is 13.7. The second-order valence-electron chi connectivity index (χ2n) is 10.7. The van der Waals surface area contributed by atoms with Gasteiger partial charge in [0, 0.05) is 26.1 Å². The van der Waals surface area contributed by atoms with Gasteiger partial charge in [0.25, 0.3) is 0 Å². The van der Waals surface area contributed by atoms with Crippen molar-refractivity contribution in [3.63, 3.8) is 0 Å². The van der Waals surface area contributed by atoms with E-state index in [1.807, 2.05) is 0 Å². The Balaban J connectivity index is 7.33. The number of nitrogens with zero attached hydrogens (tertiary/aromatic N) is 1. The van der Waals surface area contributed by atoms with E-state index in [4.69, 9.17) is 10.2 Å². The van der Waals surface area contributed by atoms with Crippen LogP contribution in [0.3, 0.4) is 0 Å². The molecular weight excluding hydrogens is 865 g/mol. The SMILES string of the molecule is OCCN(CCO)CC(O)CC(F)(F)C(F)(F)C(F)(F)C(F)(F)C(F)(F)C(F)(F)C(F)(F)C(F)(F)C(F)(F)C(F)(F)C(F)(F)C(F)(F)C(F)(F)C(F)(F)F. The lowest BCUT2D eigenvalue weighted by Crippen LogP contribution is -2.79. The molecule has 4 nitrogen and oxygen atoms in total. The van der Waals surface area contributed by atoms with Crippen LogP contribution in [0.25, 0.3) is 0 Å². The molecule has 54 heavy (non-hydrogen) atoms. The van der Waals surface area contributed by atoms with E-state index in [9.17, 15) is 132 Å². The molecule has 1 atom stereocenters. The average Bonchev–Trinajstić information content (AvgIpc) is 2.95. The first-order valence-electron chi connectivity index (χ1n) is 12.7. The summed E-state index contributed by atoms with van der Waals surface area (Å²) in [5, 5.41) is 26.8. The molecule has 1 unspecified atom stereocenters. The summed E-state index contributed by atoms with van der Waals surface area (Å²) in [6.07, 6.45) is -15.0. The van der Waals surface area contributed by atoms with Crippen molar-refractivity contribution in [2.75, 3.05) is 32.8 Å². The molecule has 0 radical (unpaired) electrons. The van der Waals surface area contributed by atoms with E-state index in [1.165, 1.54) is 0 Å². The monoisotopic (exact) mass is 881 g/mol. The smallest absolute Gasteiger partial charge is 0.395 e. The predicted octanol–water partition coefficient (Wildman–Crippen LogP) is 7.85. The molecule has 33 heteroatoms. The molecule has 3 N–H and O–H groups in total. The maximum atomic E-state index is 14.1. The molecule has 0 amide bonds. The highest BCUT2D eigenvalue weighted by Gasteiger charge is 3.00. The summed E-state index contributed by atoms with van der Waals surface area (Å²) in [6.45, 7) is -5.30. The van der Waals surface area contributed by atoms with E-state index in [1.54, 1.807) is 0 Å². The van der Waals surface area contributed by atoms with Crippen molar-refractivity contribution in [1.29, 1.82) is 0 Å². The number of aliphatic hydroxyl groups is 3. The number of aliphatic hydroxyl groups excluding tert-OH is 3. The molecule has 0 bridgehead atoms. The zero-order chi connectivity index (χ0) is 44.4. The van der Waals surface area contributed by atoms with E-state index in [0.717, 1.165) is 0 Å². The van der Waals surface area contributed by atoms with Crippen LogP contribution in [0.5, 0.6) is 0 Å². The zero-order valence-corrected chi connectivity index (χ0v) is 24.6. The van der Waals surface area contributed by atoms with Crippen molar-refractivity contribution >= 4 is 0 Å². The van der Waals surface area contributed by atoms with Crippen LogP contribution in [0, 0.1) is 0 Å². The summed E-state index contributed by atoms with van der Waals surface area (Å²) < 4.78 is 394. The summed E-state index contributed by atoms with van der Waals surface area (Å²) >= 11 is 0. The van der Waals surface area contributed by atoms with Gasteiger partial charge >= 0.3 is 83.2 Å². The minimum Gasteiger partial charge on any atom is -0.395 e. The van der Waals surface area contributed by atoms with Gasteiger partial charge in [-0.25, -0.2) is 0 Å². The first-order chi connectivity index (χ1) is 23.1. The maximum absolute atomic E-state index is 14.1. The number of hydrogen-bond acceptors (Lipinski definition) is 4. The van der Waals surface area contributed by atoms with Crippen LogP contribution in [0.2, 0.25) is 0 Å². The molecule has 0 aliphatic heterocycles. The third-order valence-corrected chi connectivity index (χ3v) is 6.95. The van der Waals surface area contributed by atoms with Crippen LogP contribution in [0.4, 0.5) is 127 Å². The van der Waals surface area contributed by atoms with E-state index in [2.05, 4.69) is 0 Å². The summed E-state index contributed by atoms with van der Waals surface area (Å²) in [5.74, 6) is -121. The third kappa shape index (κ3) is 7.04. The molecule has 0 aromatic heterocycles. The normalized spacial score (nSPS) is 17.1. The molecule has 0 aromatic rings. The van der Waals surface area contributed by atoms with Gasteiger partial charge in [0.1, 0.15) is 0 Å². The van der Waals surface area contributed by atoms with Gasteiger partial charge in [0.2, 0.25) is 0 Å². The highest BCUT2D eigenvalue weighted by Crippen LogP contribution is 2.69. The third-order valence-electron chi connectivity index (χ3n) is 6.95. The molecule has 0 aliphatic carbocycles. The van der Waals surface area contributed by atoms with Crippen molar-refractivity contribution in [3.8, 4) is 0 Å². The fraction of sp³-hybridized carbons (Fsp3) is 1.00. The van der Waals surface area contributed by atoms with Crippen LogP contribution in [-0.2, 0) is 0 Å². The molecule has 326 valence electrons. The Labute approximate surface area is 277 Å². The zero-order valence-electron chi connectivity index (χ0n) is 24.6. The van der Waals surface area contributed by atoms with Gasteiger partial charge < -0.3 is 15.3 Å². The molecule has 0 aliphatic rings. The van der Waals surface area contributed by atoms with Gasteiger partial charge in [0.15, 0.2) is 0 Å².